The largest absolute Gasteiger partial charge is 0.495 e. The van der Waals surface area contributed by atoms with E-state index in [9.17, 15) is 4.79 Å². The second kappa shape index (κ2) is 6.92. The maximum Gasteiger partial charge on any atom is 0.226 e. The van der Waals surface area contributed by atoms with E-state index < -0.39 is 0 Å². The van der Waals surface area contributed by atoms with E-state index in [0.29, 0.717) is 36.1 Å². The number of aryl methyl sites for hydroxylation is 1. The van der Waals surface area contributed by atoms with E-state index in [1.165, 1.54) is 0 Å². The van der Waals surface area contributed by atoms with Gasteiger partial charge >= 0.3 is 0 Å². The molecule has 1 fully saturated rings. The number of anilines is 1. The number of halogens is 1. The van der Waals surface area contributed by atoms with Crippen LogP contribution in [0.5, 0.6) is 5.75 Å². The Morgan fingerprint density at radius 2 is 2.40 bits per heavy atom. The molecular formula is C14H19ClN2O3. The Morgan fingerprint density at radius 1 is 1.60 bits per heavy atom. The predicted molar refractivity (Wildman–Crippen MR) is 78.6 cm³/mol. The van der Waals surface area contributed by atoms with Crippen LogP contribution in [0.2, 0.25) is 5.02 Å². The summed E-state index contributed by atoms with van der Waals surface area (Å²) in [6.45, 7) is 3.92. The van der Waals surface area contributed by atoms with Gasteiger partial charge < -0.3 is 20.1 Å². The van der Waals surface area contributed by atoms with Crippen molar-refractivity contribution < 1.29 is 14.3 Å². The summed E-state index contributed by atoms with van der Waals surface area (Å²) >= 11 is 6.04. The third-order valence-electron chi connectivity index (χ3n) is 3.19. The van der Waals surface area contributed by atoms with Crippen molar-refractivity contribution in [2.75, 3.05) is 32.2 Å². The molecule has 0 radical (unpaired) electrons. The number of amides is 1. The van der Waals surface area contributed by atoms with Crippen LogP contribution in [-0.2, 0) is 9.53 Å². The molecule has 1 aliphatic heterocycles. The summed E-state index contributed by atoms with van der Waals surface area (Å²) in [7, 11) is 1.55. The molecule has 0 saturated carbocycles. The van der Waals surface area contributed by atoms with Crippen molar-refractivity contribution in [3.8, 4) is 5.75 Å². The summed E-state index contributed by atoms with van der Waals surface area (Å²) in [6.07, 6.45) is 0.366. The molecule has 0 aromatic heterocycles. The van der Waals surface area contributed by atoms with Crippen molar-refractivity contribution in [2.24, 2.45) is 0 Å². The maximum absolute atomic E-state index is 12.0. The standard InChI is InChI=1S/C14H19ClN2O3/c1-9-5-12(13(19-2)7-11(9)15)17-14(18)6-10-8-20-4-3-16-10/h5,7,10,16H,3-4,6,8H2,1-2H3,(H,17,18). The third-order valence-corrected chi connectivity index (χ3v) is 3.59. The van der Waals surface area contributed by atoms with Crippen LogP contribution >= 0.6 is 11.6 Å². The van der Waals surface area contributed by atoms with Gasteiger partial charge in [0.1, 0.15) is 5.75 Å². The molecular weight excluding hydrogens is 280 g/mol. The van der Waals surface area contributed by atoms with Crippen molar-refractivity contribution >= 4 is 23.2 Å². The molecule has 0 spiro atoms. The van der Waals surface area contributed by atoms with Gasteiger partial charge in [-0.3, -0.25) is 4.79 Å². The Hall–Kier alpha value is -1.30. The zero-order valence-corrected chi connectivity index (χ0v) is 12.4. The first-order valence-corrected chi connectivity index (χ1v) is 6.93. The molecule has 6 heteroatoms. The van der Waals surface area contributed by atoms with Gasteiger partial charge in [0.15, 0.2) is 0 Å². The lowest BCUT2D eigenvalue weighted by molar-refractivity contribution is -0.117. The number of morpholine rings is 1. The number of ether oxygens (including phenoxy) is 2. The lowest BCUT2D eigenvalue weighted by atomic mass is 10.1. The monoisotopic (exact) mass is 298 g/mol. The van der Waals surface area contributed by atoms with E-state index in [0.717, 1.165) is 12.1 Å². The van der Waals surface area contributed by atoms with Crippen molar-refractivity contribution in [1.82, 2.24) is 5.32 Å². The number of nitrogens with one attached hydrogen (secondary N) is 2. The van der Waals surface area contributed by atoms with Crippen LogP contribution in [0.15, 0.2) is 12.1 Å². The number of hydrogen-bond donors (Lipinski definition) is 2. The fourth-order valence-corrected chi connectivity index (χ4v) is 2.26. The van der Waals surface area contributed by atoms with Crippen molar-refractivity contribution in [2.45, 2.75) is 19.4 Å². The van der Waals surface area contributed by atoms with Gasteiger partial charge in [-0.05, 0) is 18.6 Å². The fourth-order valence-electron chi connectivity index (χ4n) is 2.11. The lowest BCUT2D eigenvalue weighted by Crippen LogP contribution is -2.43. The highest BCUT2D eigenvalue weighted by Gasteiger charge is 2.18. The first-order valence-electron chi connectivity index (χ1n) is 6.55. The Labute approximate surface area is 123 Å². The highest BCUT2D eigenvalue weighted by atomic mass is 35.5. The van der Waals surface area contributed by atoms with E-state index in [1.54, 1.807) is 13.2 Å². The minimum absolute atomic E-state index is 0.0585. The average Bonchev–Trinajstić information content (AvgIpc) is 2.43. The van der Waals surface area contributed by atoms with Gasteiger partial charge in [-0.2, -0.15) is 0 Å². The second-order valence-corrected chi connectivity index (χ2v) is 5.19. The van der Waals surface area contributed by atoms with Crippen LogP contribution in [0.1, 0.15) is 12.0 Å². The topological polar surface area (TPSA) is 59.6 Å². The molecule has 1 atom stereocenters. The molecule has 5 nitrogen and oxygen atoms in total. The molecule has 1 saturated heterocycles. The molecule has 2 N–H and O–H groups in total. The average molecular weight is 299 g/mol. The Balaban J connectivity index is 2.01. The predicted octanol–water partition coefficient (Wildman–Crippen LogP) is 1.97. The molecule has 1 aromatic carbocycles. The van der Waals surface area contributed by atoms with Crippen LogP contribution in [0.3, 0.4) is 0 Å². The summed E-state index contributed by atoms with van der Waals surface area (Å²) in [5.41, 5.74) is 1.53. The van der Waals surface area contributed by atoms with Crippen LogP contribution in [0, 0.1) is 6.92 Å². The fraction of sp³-hybridized carbons (Fsp3) is 0.500. The SMILES string of the molecule is COc1cc(Cl)c(C)cc1NC(=O)CC1COCCN1. The molecule has 110 valence electrons. The Morgan fingerprint density at radius 3 is 3.05 bits per heavy atom. The Kier molecular flexibility index (Phi) is 5.23. The minimum Gasteiger partial charge on any atom is -0.495 e. The van der Waals surface area contributed by atoms with E-state index in [2.05, 4.69) is 10.6 Å². The smallest absolute Gasteiger partial charge is 0.226 e. The summed E-state index contributed by atoms with van der Waals surface area (Å²) in [5, 5.41) is 6.72. The quantitative estimate of drug-likeness (QED) is 0.892. The number of methoxy groups -OCH3 is 1. The second-order valence-electron chi connectivity index (χ2n) is 4.78. The van der Waals surface area contributed by atoms with Crippen molar-refractivity contribution in [3.63, 3.8) is 0 Å². The first-order chi connectivity index (χ1) is 9.60. The molecule has 1 unspecified atom stereocenters. The molecule has 20 heavy (non-hydrogen) atoms. The summed E-state index contributed by atoms with van der Waals surface area (Å²) in [4.78, 5) is 12.0. The van der Waals surface area contributed by atoms with Gasteiger partial charge in [0.25, 0.3) is 0 Å². The van der Waals surface area contributed by atoms with Gasteiger partial charge in [0.05, 0.1) is 26.0 Å². The van der Waals surface area contributed by atoms with Crippen LogP contribution in [0.4, 0.5) is 5.69 Å². The molecule has 1 aromatic rings. The van der Waals surface area contributed by atoms with Gasteiger partial charge in [0.2, 0.25) is 5.91 Å². The van der Waals surface area contributed by atoms with Crippen molar-refractivity contribution in [1.29, 1.82) is 0 Å². The summed E-state index contributed by atoms with van der Waals surface area (Å²) in [6, 6.07) is 3.57. The third kappa shape index (κ3) is 3.85. The zero-order valence-electron chi connectivity index (χ0n) is 11.7. The molecule has 1 heterocycles. The normalized spacial score (nSPS) is 18.6. The molecule has 2 rings (SSSR count). The van der Waals surface area contributed by atoms with E-state index >= 15 is 0 Å². The number of hydrogen-bond acceptors (Lipinski definition) is 4. The van der Waals surface area contributed by atoms with Crippen molar-refractivity contribution in [3.05, 3.63) is 22.7 Å². The minimum atomic E-state index is -0.0759. The van der Waals surface area contributed by atoms with Gasteiger partial charge in [-0.1, -0.05) is 11.6 Å². The Bertz CT molecular complexity index is 488. The van der Waals surface area contributed by atoms with Gasteiger partial charge in [-0.25, -0.2) is 0 Å². The number of rotatable bonds is 4. The van der Waals surface area contributed by atoms with Crippen LogP contribution < -0.4 is 15.4 Å². The van der Waals surface area contributed by atoms with E-state index in [-0.39, 0.29) is 11.9 Å². The molecule has 1 amide bonds. The number of carbonyl (C=O) groups excluding carboxylic acids is 1. The lowest BCUT2D eigenvalue weighted by Gasteiger charge is -2.23. The highest BCUT2D eigenvalue weighted by Crippen LogP contribution is 2.31. The summed E-state index contributed by atoms with van der Waals surface area (Å²) < 4.78 is 10.6. The maximum atomic E-state index is 12.0. The van der Waals surface area contributed by atoms with Crippen LogP contribution in [-0.4, -0.2) is 38.8 Å². The first kappa shape index (κ1) is 15.1. The number of carbonyl (C=O) groups is 1. The van der Waals surface area contributed by atoms with E-state index in [4.69, 9.17) is 21.1 Å². The van der Waals surface area contributed by atoms with Gasteiger partial charge in [0, 0.05) is 30.1 Å². The number of benzene rings is 1. The van der Waals surface area contributed by atoms with E-state index in [1.807, 2.05) is 13.0 Å². The molecule has 0 aliphatic carbocycles. The summed E-state index contributed by atoms with van der Waals surface area (Å²) in [5.74, 6) is 0.481. The van der Waals surface area contributed by atoms with Crippen LogP contribution in [0.25, 0.3) is 0 Å². The molecule has 1 aliphatic rings. The zero-order chi connectivity index (χ0) is 14.5. The molecule has 0 bridgehead atoms. The van der Waals surface area contributed by atoms with Gasteiger partial charge in [-0.15, -0.1) is 0 Å². The highest BCUT2D eigenvalue weighted by molar-refractivity contribution is 6.31.